The quantitative estimate of drug-likeness (QED) is 0.622. The van der Waals surface area contributed by atoms with Crippen LogP contribution in [0.15, 0.2) is 0 Å². The third-order valence-electron chi connectivity index (χ3n) is 2.88. The third-order valence-corrected chi connectivity index (χ3v) is 2.88. The monoisotopic (exact) mass is 312 g/mol. The zero-order valence-corrected chi connectivity index (χ0v) is 16.1. The maximum atomic E-state index is 11.6. The van der Waals surface area contributed by atoms with Crippen molar-refractivity contribution in [3.63, 3.8) is 0 Å². The Balaban J connectivity index is 0. The number of hydrogen-bond acceptors (Lipinski definition) is 4. The smallest absolute Gasteiger partial charge is 1.00 e. The molecule has 0 unspecified atom stereocenters. The third kappa shape index (κ3) is 8.59. The normalized spacial score (nSPS) is 17.8. The van der Waals surface area contributed by atoms with Crippen LogP contribution in [0.1, 0.15) is 41.5 Å². The minimum atomic E-state index is -1.03. The van der Waals surface area contributed by atoms with Crippen molar-refractivity contribution < 1.29 is 72.2 Å². The van der Waals surface area contributed by atoms with E-state index in [1.165, 1.54) is 6.42 Å². The molecule has 1 atom stereocenters. The molecule has 20 heavy (non-hydrogen) atoms. The number of rotatable bonds is 4. The van der Waals surface area contributed by atoms with Crippen LogP contribution in [0.3, 0.4) is 0 Å². The molecule has 0 aromatic carbocycles. The number of carbonyl (C=O) groups excluding carboxylic acids is 1. The topological polar surface area (TPSA) is 78.9 Å². The van der Waals surface area contributed by atoms with Crippen molar-refractivity contribution in [2.24, 2.45) is 0 Å². The second-order valence-electron chi connectivity index (χ2n) is 5.90. The molecule has 1 saturated heterocycles. The number of likely N-dealkylation sites (tertiary alicyclic amines) is 1. The van der Waals surface area contributed by atoms with Crippen LogP contribution in [0.25, 0.3) is 0 Å². The van der Waals surface area contributed by atoms with E-state index in [9.17, 15) is 9.59 Å². The van der Waals surface area contributed by atoms with E-state index in [2.05, 4.69) is 10.2 Å². The molecule has 0 bridgehead atoms. The molecule has 1 heterocycles. The number of ether oxygens (including phenoxy) is 1. The molecule has 0 aliphatic carbocycles. The second-order valence-corrected chi connectivity index (χ2v) is 5.90. The standard InChI is InChI=1S/C13H24N2O4.K.H/c1-13(2,3)19-12(18)14-10(11(16)17)9-15-7-5-4-6-8-15;;/h10H,4-9H2,1-3H3,(H,14,18)(H,16,17);;/q;+1;-1/t10-;;/m1../s1. The molecule has 1 rings (SSSR count). The fraction of sp³-hybridized carbons (Fsp3) is 0.846. The van der Waals surface area contributed by atoms with Crippen LogP contribution in [-0.2, 0) is 9.53 Å². The van der Waals surface area contributed by atoms with E-state index in [0.29, 0.717) is 6.54 Å². The Kier molecular flexibility index (Phi) is 9.53. The summed E-state index contributed by atoms with van der Waals surface area (Å²) in [5.74, 6) is -1.03. The van der Waals surface area contributed by atoms with Gasteiger partial charge < -0.3 is 21.5 Å². The maximum absolute atomic E-state index is 11.6. The first-order valence-corrected chi connectivity index (χ1v) is 6.72. The van der Waals surface area contributed by atoms with Crippen LogP contribution in [-0.4, -0.2) is 53.3 Å². The molecule has 0 saturated carbocycles. The van der Waals surface area contributed by atoms with Crippen molar-refractivity contribution in [2.45, 2.75) is 51.7 Å². The van der Waals surface area contributed by atoms with Crippen LogP contribution >= 0.6 is 0 Å². The van der Waals surface area contributed by atoms with E-state index in [-0.39, 0.29) is 52.8 Å². The van der Waals surface area contributed by atoms with Gasteiger partial charge in [0.2, 0.25) is 0 Å². The van der Waals surface area contributed by atoms with Gasteiger partial charge in [0.05, 0.1) is 0 Å². The fourth-order valence-electron chi connectivity index (χ4n) is 2.04. The van der Waals surface area contributed by atoms with Crippen LogP contribution < -0.4 is 56.7 Å². The van der Waals surface area contributed by atoms with Gasteiger partial charge in [0.15, 0.2) is 0 Å². The molecule has 1 fully saturated rings. The zero-order valence-electron chi connectivity index (χ0n) is 13.9. The van der Waals surface area contributed by atoms with E-state index >= 15 is 0 Å². The molecule has 6 nitrogen and oxygen atoms in total. The van der Waals surface area contributed by atoms with Crippen molar-refractivity contribution in [1.29, 1.82) is 0 Å². The van der Waals surface area contributed by atoms with E-state index < -0.39 is 23.7 Å². The molecular formula is C13H25KN2O4. The average molecular weight is 312 g/mol. The van der Waals surface area contributed by atoms with Crippen LogP contribution in [0.2, 0.25) is 0 Å². The molecule has 1 amide bonds. The maximum Gasteiger partial charge on any atom is 1.00 e. The van der Waals surface area contributed by atoms with Gasteiger partial charge >= 0.3 is 63.4 Å². The van der Waals surface area contributed by atoms with Crippen LogP contribution in [0.5, 0.6) is 0 Å². The van der Waals surface area contributed by atoms with Crippen molar-refractivity contribution >= 4 is 12.1 Å². The van der Waals surface area contributed by atoms with Gasteiger partial charge in [-0.1, -0.05) is 6.42 Å². The Hall–Kier alpha value is 0.336. The summed E-state index contributed by atoms with van der Waals surface area (Å²) in [5, 5.41) is 11.6. The summed E-state index contributed by atoms with van der Waals surface area (Å²) < 4.78 is 5.08. The number of carboxylic acid groups (broad SMARTS) is 1. The first-order chi connectivity index (χ1) is 8.78. The predicted molar refractivity (Wildman–Crippen MR) is 72.2 cm³/mol. The molecule has 2 N–H and O–H groups in total. The number of carbonyl (C=O) groups is 2. The van der Waals surface area contributed by atoms with Gasteiger partial charge in [-0.15, -0.1) is 0 Å². The molecule has 0 aromatic heterocycles. The largest absolute Gasteiger partial charge is 1.00 e. The van der Waals surface area contributed by atoms with Gasteiger partial charge in [-0.25, -0.2) is 9.59 Å². The zero-order chi connectivity index (χ0) is 14.5. The summed E-state index contributed by atoms with van der Waals surface area (Å²) in [5.41, 5.74) is -0.627. The van der Waals surface area contributed by atoms with Gasteiger partial charge in [-0.05, 0) is 46.7 Å². The fourth-order valence-corrected chi connectivity index (χ4v) is 2.04. The number of hydrogen-bond donors (Lipinski definition) is 2. The molecule has 0 spiro atoms. The summed E-state index contributed by atoms with van der Waals surface area (Å²) in [6.07, 6.45) is 2.67. The Morgan fingerprint density at radius 2 is 1.85 bits per heavy atom. The van der Waals surface area contributed by atoms with E-state index in [4.69, 9.17) is 9.84 Å². The van der Waals surface area contributed by atoms with Crippen molar-refractivity contribution in [3.05, 3.63) is 0 Å². The Morgan fingerprint density at radius 3 is 2.30 bits per heavy atom. The number of alkyl carbamates (subject to hydrolysis) is 1. The van der Waals surface area contributed by atoms with Crippen LogP contribution in [0.4, 0.5) is 4.79 Å². The van der Waals surface area contributed by atoms with Gasteiger partial charge in [0.25, 0.3) is 0 Å². The van der Waals surface area contributed by atoms with Gasteiger partial charge in [0, 0.05) is 6.54 Å². The van der Waals surface area contributed by atoms with Crippen LogP contribution in [0, 0.1) is 0 Å². The predicted octanol–water partition coefficient (Wildman–Crippen LogP) is -1.43. The van der Waals surface area contributed by atoms with Crippen molar-refractivity contribution in [1.82, 2.24) is 10.2 Å². The molecule has 0 radical (unpaired) electrons. The van der Waals surface area contributed by atoms with Crippen molar-refractivity contribution in [3.8, 4) is 0 Å². The minimum Gasteiger partial charge on any atom is -1.00 e. The molecule has 1 aliphatic heterocycles. The van der Waals surface area contributed by atoms with Gasteiger partial charge in [-0.3, -0.25) is 0 Å². The SMILES string of the molecule is CC(C)(C)OC(=O)N[C@H](CN1CCCCC1)C(=O)O.[H-].[K+]. The number of nitrogens with one attached hydrogen (secondary N) is 1. The number of aliphatic carboxylic acids is 1. The van der Waals surface area contributed by atoms with Gasteiger partial charge in [0.1, 0.15) is 11.6 Å². The minimum absolute atomic E-state index is 0. The molecule has 112 valence electrons. The molecular weight excluding hydrogens is 287 g/mol. The van der Waals surface area contributed by atoms with E-state index in [0.717, 1.165) is 25.9 Å². The molecule has 0 aromatic rings. The summed E-state index contributed by atoms with van der Waals surface area (Å²) in [4.78, 5) is 24.8. The molecule has 7 heteroatoms. The second kappa shape index (κ2) is 9.37. The Labute approximate surface area is 164 Å². The van der Waals surface area contributed by atoms with Crippen molar-refractivity contribution in [2.75, 3.05) is 19.6 Å². The first-order valence-electron chi connectivity index (χ1n) is 6.72. The number of piperidine rings is 1. The number of nitrogens with zero attached hydrogens (tertiary/aromatic N) is 1. The summed E-state index contributed by atoms with van der Waals surface area (Å²) >= 11 is 0. The van der Waals surface area contributed by atoms with Gasteiger partial charge in [-0.2, -0.15) is 0 Å². The Bertz CT molecular complexity index is 331. The summed E-state index contributed by atoms with van der Waals surface area (Å²) in [6.45, 7) is 7.33. The average Bonchev–Trinajstić information content (AvgIpc) is 2.26. The molecule has 1 aliphatic rings. The van der Waals surface area contributed by atoms with E-state index in [1.54, 1.807) is 20.8 Å². The summed E-state index contributed by atoms with van der Waals surface area (Å²) in [7, 11) is 0. The number of carboxylic acids is 1. The van der Waals surface area contributed by atoms with E-state index in [1.807, 2.05) is 0 Å². The summed E-state index contributed by atoms with van der Waals surface area (Å²) in [6, 6.07) is -0.923. The first kappa shape index (κ1) is 20.3. The Morgan fingerprint density at radius 1 is 1.30 bits per heavy atom. The number of amides is 1.